The molecule has 2 aromatic rings. The Labute approximate surface area is 138 Å². The van der Waals surface area contributed by atoms with Crippen LogP contribution in [0.4, 0.5) is 5.69 Å². The molecule has 2 rings (SSSR count). The van der Waals surface area contributed by atoms with Gasteiger partial charge in [-0.3, -0.25) is 4.79 Å². The molecule has 5 heteroatoms. The van der Waals surface area contributed by atoms with Gasteiger partial charge in [-0.2, -0.15) is 0 Å². The molecule has 0 saturated heterocycles. The zero-order chi connectivity index (χ0) is 15.4. The average molecular weight is 368 g/mol. The van der Waals surface area contributed by atoms with E-state index >= 15 is 0 Å². The summed E-state index contributed by atoms with van der Waals surface area (Å²) in [5, 5.41) is 3.99. The first-order chi connectivity index (χ1) is 9.99. The van der Waals surface area contributed by atoms with Gasteiger partial charge in [0, 0.05) is 35.8 Å². The lowest BCUT2D eigenvalue weighted by molar-refractivity contribution is 0.0828. The lowest BCUT2D eigenvalue weighted by Gasteiger charge is -2.15. The number of para-hydroxylation sites is 1. The summed E-state index contributed by atoms with van der Waals surface area (Å²) in [6, 6.07) is 13.2. The minimum Gasteiger partial charge on any atom is -0.380 e. The van der Waals surface area contributed by atoms with Crippen molar-refractivity contribution in [2.75, 3.05) is 19.4 Å². The highest BCUT2D eigenvalue weighted by molar-refractivity contribution is 9.10. The van der Waals surface area contributed by atoms with Crippen molar-refractivity contribution < 1.29 is 4.79 Å². The molecule has 2 aromatic carbocycles. The van der Waals surface area contributed by atoms with Crippen LogP contribution in [0.2, 0.25) is 5.02 Å². The molecule has 110 valence electrons. The highest BCUT2D eigenvalue weighted by Crippen LogP contribution is 2.23. The van der Waals surface area contributed by atoms with E-state index in [-0.39, 0.29) is 5.91 Å². The van der Waals surface area contributed by atoms with E-state index in [2.05, 4.69) is 21.2 Å². The number of carbonyl (C=O) groups is 1. The van der Waals surface area contributed by atoms with Crippen molar-refractivity contribution in [3.63, 3.8) is 0 Å². The molecule has 0 aliphatic carbocycles. The third-order valence-corrected chi connectivity index (χ3v) is 4.02. The predicted octanol–water partition coefficient (Wildman–Crippen LogP) is 4.42. The van der Waals surface area contributed by atoms with Crippen LogP contribution in [0, 0.1) is 0 Å². The van der Waals surface area contributed by atoms with Crippen LogP contribution in [0.25, 0.3) is 0 Å². The summed E-state index contributed by atoms with van der Waals surface area (Å²) in [7, 11) is 3.49. The molecular formula is C16H16BrClN2O. The van der Waals surface area contributed by atoms with E-state index in [1.807, 2.05) is 42.5 Å². The minimum atomic E-state index is -0.0201. The fourth-order valence-electron chi connectivity index (χ4n) is 1.92. The normalized spacial score (nSPS) is 10.3. The molecule has 0 bridgehead atoms. The van der Waals surface area contributed by atoms with Crippen LogP contribution in [0.3, 0.4) is 0 Å². The standard InChI is InChI=1S/C16H16BrClN2O/c1-20(2)16(21)13-5-3-4-6-15(13)19-10-11-7-8-12(18)9-14(11)17/h3-9,19H,10H2,1-2H3. The highest BCUT2D eigenvalue weighted by atomic mass is 79.9. The number of hydrogen-bond donors (Lipinski definition) is 1. The molecule has 21 heavy (non-hydrogen) atoms. The number of rotatable bonds is 4. The van der Waals surface area contributed by atoms with Crippen LogP contribution in [0.5, 0.6) is 0 Å². The molecule has 0 radical (unpaired) electrons. The van der Waals surface area contributed by atoms with E-state index in [9.17, 15) is 4.79 Å². The molecule has 1 N–H and O–H groups in total. The van der Waals surface area contributed by atoms with Crippen LogP contribution in [0.15, 0.2) is 46.9 Å². The highest BCUT2D eigenvalue weighted by Gasteiger charge is 2.12. The Balaban J connectivity index is 2.19. The van der Waals surface area contributed by atoms with Gasteiger partial charge < -0.3 is 10.2 Å². The summed E-state index contributed by atoms with van der Waals surface area (Å²) < 4.78 is 0.943. The van der Waals surface area contributed by atoms with E-state index in [1.54, 1.807) is 19.0 Å². The summed E-state index contributed by atoms with van der Waals surface area (Å²) in [5.74, 6) is -0.0201. The van der Waals surface area contributed by atoms with Crippen LogP contribution >= 0.6 is 27.5 Å². The first-order valence-corrected chi connectivity index (χ1v) is 7.64. The Morgan fingerprint density at radius 2 is 1.95 bits per heavy atom. The van der Waals surface area contributed by atoms with Gasteiger partial charge in [0.1, 0.15) is 0 Å². The number of nitrogens with zero attached hydrogens (tertiary/aromatic N) is 1. The van der Waals surface area contributed by atoms with E-state index < -0.39 is 0 Å². The SMILES string of the molecule is CN(C)C(=O)c1ccccc1NCc1ccc(Cl)cc1Br. The fraction of sp³-hybridized carbons (Fsp3) is 0.188. The number of anilines is 1. The van der Waals surface area contributed by atoms with E-state index in [4.69, 9.17) is 11.6 Å². The summed E-state index contributed by atoms with van der Waals surface area (Å²) in [5.41, 5.74) is 2.55. The van der Waals surface area contributed by atoms with Crippen molar-refractivity contribution in [1.29, 1.82) is 0 Å². The second-order valence-corrected chi connectivity index (χ2v) is 6.13. The fourth-order valence-corrected chi connectivity index (χ4v) is 2.74. The van der Waals surface area contributed by atoms with Gasteiger partial charge in [0.2, 0.25) is 0 Å². The van der Waals surface area contributed by atoms with Gasteiger partial charge in [0.25, 0.3) is 5.91 Å². The van der Waals surface area contributed by atoms with Gasteiger partial charge in [0.15, 0.2) is 0 Å². The molecule has 0 aliphatic rings. The number of hydrogen-bond acceptors (Lipinski definition) is 2. The zero-order valence-corrected chi connectivity index (χ0v) is 14.2. The predicted molar refractivity (Wildman–Crippen MR) is 90.9 cm³/mol. The molecule has 0 unspecified atom stereocenters. The number of amides is 1. The van der Waals surface area contributed by atoms with Gasteiger partial charge in [-0.05, 0) is 29.8 Å². The Bertz CT molecular complexity index is 658. The Kier molecular flexibility index (Phi) is 5.26. The monoisotopic (exact) mass is 366 g/mol. The molecule has 0 heterocycles. The first-order valence-electron chi connectivity index (χ1n) is 6.47. The van der Waals surface area contributed by atoms with Crippen molar-refractivity contribution in [3.8, 4) is 0 Å². The van der Waals surface area contributed by atoms with Crippen LogP contribution in [-0.2, 0) is 6.54 Å². The summed E-state index contributed by atoms with van der Waals surface area (Å²) in [6.45, 7) is 0.607. The molecule has 0 spiro atoms. The topological polar surface area (TPSA) is 32.3 Å². The molecular weight excluding hydrogens is 352 g/mol. The average Bonchev–Trinajstić information content (AvgIpc) is 2.46. The van der Waals surface area contributed by atoms with Gasteiger partial charge >= 0.3 is 0 Å². The van der Waals surface area contributed by atoms with Crippen molar-refractivity contribution in [1.82, 2.24) is 4.90 Å². The number of benzene rings is 2. The largest absolute Gasteiger partial charge is 0.380 e. The van der Waals surface area contributed by atoms with Crippen LogP contribution < -0.4 is 5.32 Å². The minimum absolute atomic E-state index is 0.0201. The van der Waals surface area contributed by atoms with Gasteiger partial charge in [-0.15, -0.1) is 0 Å². The molecule has 0 saturated carbocycles. The third kappa shape index (κ3) is 3.99. The number of carbonyl (C=O) groups excluding carboxylic acids is 1. The van der Waals surface area contributed by atoms with Crippen LogP contribution in [-0.4, -0.2) is 24.9 Å². The van der Waals surface area contributed by atoms with Crippen molar-refractivity contribution in [3.05, 3.63) is 63.1 Å². The quantitative estimate of drug-likeness (QED) is 0.868. The number of halogens is 2. The van der Waals surface area contributed by atoms with Crippen molar-refractivity contribution >= 4 is 39.1 Å². The maximum Gasteiger partial charge on any atom is 0.255 e. The second-order valence-electron chi connectivity index (χ2n) is 4.83. The summed E-state index contributed by atoms with van der Waals surface area (Å²) >= 11 is 9.43. The molecule has 0 atom stereocenters. The molecule has 0 aromatic heterocycles. The Morgan fingerprint density at radius 3 is 2.62 bits per heavy atom. The maximum absolute atomic E-state index is 12.1. The van der Waals surface area contributed by atoms with Crippen molar-refractivity contribution in [2.24, 2.45) is 0 Å². The van der Waals surface area contributed by atoms with Crippen LogP contribution in [0.1, 0.15) is 15.9 Å². The molecule has 1 amide bonds. The Morgan fingerprint density at radius 1 is 1.24 bits per heavy atom. The first kappa shape index (κ1) is 15.9. The van der Waals surface area contributed by atoms with E-state index in [1.165, 1.54) is 0 Å². The molecule has 3 nitrogen and oxygen atoms in total. The zero-order valence-electron chi connectivity index (χ0n) is 11.9. The lowest BCUT2D eigenvalue weighted by Crippen LogP contribution is -2.22. The lowest BCUT2D eigenvalue weighted by atomic mass is 10.1. The third-order valence-electron chi connectivity index (χ3n) is 3.05. The second kappa shape index (κ2) is 6.96. The van der Waals surface area contributed by atoms with Gasteiger partial charge in [-0.25, -0.2) is 0 Å². The molecule has 0 aliphatic heterocycles. The van der Waals surface area contributed by atoms with E-state index in [0.717, 1.165) is 15.7 Å². The summed E-state index contributed by atoms with van der Waals surface area (Å²) in [6.07, 6.45) is 0. The van der Waals surface area contributed by atoms with Gasteiger partial charge in [-0.1, -0.05) is 45.7 Å². The Hall–Kier alpha value is -1.52. The van der Waals surface area contributed by atoms with Gasteiger partial charge in [0.05, 0.1) is 5.56 Å². The van der Waals surface area contributed by atoms with E-state index in [0.29, 0.717) is 17.1 Å². The smallest absolute Gasteiger partial charge is 0.255 e. The van der Waals surface area contributed by atoms with Crippen molar-refractivity contribution in [2.45, 2.75) is 6.54 Å². The summed E-state index contributed by atoms with van der Waals surface area (Å²) in [4.78, 5) is 13.7. The maximum atomic E-state index is 12.1. The number of nitrogens with one attached hydrogen (secondary N) is 1. The molecule has 0 fully saturated rings.